The van der Waals surface area contributed by atoms with Gasteiger partial charge in [0, 0.05) is 19.1 Å². The normalized spacial score (nSPS) is 51.5. The van der Waals surface area contributed by atoms with Gasteiger partial charge in [-0.2, -0.15) is 0 Å². The lowest BCUT2D eigenvalue weighted by Crippen LogP contribution is -2.31. The van der Waals surface area contributed by atoms with E-state index in [2.05, 4.69) is 0 Å². The molecule has 2 fully saturated rings. The van der Waals surface area contributed by atoms with Crippen molar-refractivity contribution in [3.63, 3.8) is 0 Å². The zero-order valence-corrected chi connectivity index (χ0v) is 6.22. The lowest BCUT2D eigenvalue weighted by molar-refractivity contribution is 0.0343. The number of aliphatic hydroxyl groups is 3. The van der Waals surface area contributed by atoms with Gasteiger partial charge in [-0.05, 0) is 6.42 Å². The van der Waals surface area contributed by atoms with Crippen molar-refractivity contribution in [1.82, 2.24) is 4.90 Å². The Hall–Kier alpha value is -0.160. The van der Waals surface area contributed by atoms with Crippen LogP contribution >= 0.6 is 0 Å². The first-order valence-corrected chi connectivity index (χ1v) is 3.96. The molecule has 0 unspecified atom stereocenters. The van der Waals surface area contributed by atoms with E-state index in [1.807, 2.05) is 4.90 Å². The van der Waals surface area contributed by atoms with Crippen LogP contribution in [0.5, 0.6) is 0 Å². The van der Waals surface area contributed by atoms with Gasteiger partial charge in [-0.3, -0.25) is 4.90 Å². The second-order valence-electron chi connectivity index (χ2n) is 3.47. The first-order valence-electron chi connectivity index (χ1n) is 3.96. The predicted octanol–water partition coefficient (Wildman–Crippen LogP) is -1.84. The third-order valence-electron chi connectivity index (χ3n) is 2.64. The molecule has 0 aromatic heterocycles. The highest BCUT2D eigenvalue weighted by molar-refractivity contribution is 4.99. The molecule has 0 spiro atoms. The van der Waals surface area contributed by atoms with Crippen LogP contribution in [-0.4, -0.2) is 57.7 Å². The van der Waals surface area contributed by atoms with Crippen LogP contribution in [0.2, 0.25) is 0 Å². The van der Waals surface area contributed by atoms with Gasteiger partial charge in [0.25, 0.3) is 0 Å². The van der Waals surface area contributed by atoms with Crippen LogP contribution in [0.3, 0.4) is 0 Å². The van der Waals surface area contributed by atoms with Crippen LogP contribution < -0.4 is 0 Å². The van der Waals surface area contributed by atoms with E-state index in [0.29, 0.717) is 19.5 Å². The molecular weight excluding hydrogens is 146 g/mol. The minimum absolute atomic E-state index is 0.0139. The van der Waals surface area contributed by atoms with E-state index >= 15 is 0 Å². The number of hydrogen-bond donors (Lipinski definition) is 3. The summed E-state index contributed by atoms with van der Waals surface area (Å²) in [5, 5.41) is 27.8. The molecule has 64 valence electrons. The summed E-state index contributed by atoms with van der Waals surface area (Å²) in [5.74, 6) is 0. The van der Waals surface area contributed by atoms with Gasteiger partial charge in [0.1, 0.15) is 0 Å². The summed E-state index contributed by atoms with van der Waals surface area (Å²) in [5.41, 5.74) is 0. The molecule has 3 N–H and O–H groups in total. The summed E-state index contributed by atoms with van der Waals surface area (Å²) >= 11 is 0. The van der Waals surface area contributed by atoms with Crippen molar-refractivity contribution in [2.24, 2.45) is 0 Å². The molecule has 0 saturated carbocycles. The zero-order chi connectivity index (χ0) is 8.01. The highest BCUT2D eigenvalue weighted by Gasteiger charge is 2.45. The van der Waals surface area contributed by atoms with E-state index in [9.17, 15) is 15.3 Å². The van der Waals surface area contributed by atoms with Gasteiger partial charge in [-0.15, -0.1) is 0 Å². The van der Waals surface area contributed by atoms with E-state index in [-0.39, 0.29) is 12.1 Å². The van der Waals surface area contributed by atoms with Crippen LogP contribution in [0, 0.1) is 0 Å². The Bertz CT molecular complexity index is 164. The summed E-state index contributed by atoms with van der Waals surface area (Å²) < 4.78 is 0. The van der Waals surface area contributed by atoms with E-state index in [0.717, 1.165) is 0 Å². The van der Waals surface area contributed by atoms with Crippen LogP contribution in [0.25, 0.3) is 0 Å². The van der Waals surface area contributed by atoms with Gasteiger partial charge in [0.2, 0.25) is 0 Å². The lowest BCUT2D eigenvalue weighted by atomic mass is 10.1. The fourth-order valence-corrected chi connectivity index (χ4v) is 2.08. The quantitative estimate of drug-likeness (QED) is 0.388. The third-order valence-corrected chi connectivity index (χ3v) is 2.64. The molecule has 4 nitrogen and oxygen atoms in total. The SMILES string of the molecule is O[C@H]1C[C@H]2[C@H](O)[C@@H](O)CN2C1. The van der Waals surface area contributed by atoms with Crippen LogP contribution in [0.4, 0.5) is 0 Å². The van der Waals surface area contributed by atoms with Gasteiger partial charge in [0.05, 0.1) is 18.3 Å². The molecule has 4 atom stereocenters. The van der Waals surface area contributed by atoms with E-state index < -0.39 is 12.2 Å². The second-order valence-corrected chi connectivity index (χ2v) is 3.47. The fraction of sp³-hybridized carbons (Fsp3) is 1.00. The largest absolute Gasteiger partial charge is 0.392 e. The van der Waals surface area contributed by atoms with Crippen molar-refractivity contribution in [3.8, 4) is 0 Å². The van der Waals surface area contributed by atoms with Crippen molar-refractivity contribution < 1.29 is 15.3 Å². The Morgan fingerprint density at radius 1 is 1.09 bits per heavy atom. The highest BCUT2D eigenvalue weighted by Crippen LogP contribution is 2.28. The molecule has 11 heavy (non-hydrogen) atoms. The second kappa shape index (κ2) is 2.42. The van der Waals surface area contributed by atoms with E-state index in [1.54, 1.807) is 0 Å². The van der Waals surface area contributed by atoms with Gasteiger partial charge in [-0.25, -0.2) is 0 Å². The van der Waals surface area contributed by atoms with Gasteiger partial charge < -0.3 is 15.3 Å². The van der Waals surface area contributed by atoms with Gasteiger partial charge in [-0.1, -0.05) is 0 Å². The van der Waals surface area contributed by atoms with Crippen molar-refractivity contribution in [3.05, 3.63) is 0 Å². The molecule has 2 heterocycles. The van der Waals surface area contributed by atoms with Gasteiger partial charge in [0.15, 0.2) is 0 Å². The minimum atomic E-state index is -0.660. The molecule has 2 rings (SSSR count). The maximum absolute atomic E-state index is 9.38. The Kier molecular flexibility index (Phi) is 1.64. The monoisotopic (exact) mass is 159 g/mol. The van der Waals surface area contributed by atoms with Crippen molar-refractivity contribution in [2.45, 2.75) is 30.8 Å². The maximum Gasteiger partial charge on any atom is 0.0967 e. The number of fused-ring (bicyclic) bond motifs is 1. The molecule has 2 saturated heterocycles. The molecular formula is C7H13NO3. The predicted molar refractivity (Wildman–Crippen MR) is 38.0 cm³/mol. The smallest absolute Gasteiger partial charge is 0.0967 e. The average molecular weight is 159 g/mol. The van der Waals surface area contributed by atoms with Crippen molar-refractivity contribution in [1.29, 1.82) is 0 Å². The van der Waals surface area contributed by atoms with Crippen LogP contribution in [0.15, 0.2) is 0 Å². The summed E-state index contributed by atoms with van der Waals surface area (Å²) in [7, 11) is 0. The van der Waals surface area contributed by atoms with E-state index in [1.165, 1.54) is 0 Å². The summed E-state index contributed by atoms with van der Waals surface area (Å²) in [6.07, 6.45) is -1.00. The number of rotatable bonds is 0. The van der Waals surface area contributed by atoms with Gasteiger partial charge >= 0.3 is 0 Å². The molecule has 0 aromatic rings. The van der Waals surface area contributed by atoms with Crippen LogP contribution in [-0.2, 0) is 0 Å². The molecule has 0 amide bonds. The average Bonchev–Trinajstić information content (AvgIpc) is 2.37. The van der Waals surface area contributed by atoms with E-state index in [4.69, 9.17) is 0 Å². The van der Waals surface area contributed by atoms with Crippen molar-refractivity contribution >= 4 is 0 Å². The third kappa shape index (κ3) is 1.06. The topological polar surface area (TPSA) is 63.9 Å². The molecule has 0 bridgehead atoms. The first kappa shape index (κ1) is 7.49. The molecule has 4 heteroatoms. The number of aliphatic hydroxyl groups excluding tert-OH is 3. The highest BCUT2D eigenvalue weighted by atomic mass is 16.3. The summed E-state index contributed by atoms with van der Waals surface area (Å²) in [4.78, 5) is 1.94. The fourth-order valence-electron chi connectivity index (χ4n) is 2.08. The molecule has 2 aliphatic rings. The van der Waals surface area contributed by atoms with Crippen LogP contribution in [0.1, 0.15) is 6.42 Å². The number of nitrogens with zero attached hydrogens (tertiary/aromatic N) is 1. The Morgan fingerprint density at radius 2 is 1.82 bits per heavy atom. The Morgan fingerprint density at radius 3 is 2.45 bits per heavy atom. The zero-order valence-electron chi connectivity index (χ0n) is 6.22. The van der Waals surface area contributed by atoms with Crippen molar-refractivity contribution in [2.75, 3.05) is 13.1 Å². The molecule has 0 aromatic carbocycles. The first-order chi connectivity index (χ1) is 5.18. The Balaban J connectivity index is 2.07. The minimum Gasteiger partial charge on any atom is -0.392 e. The molecule has 0 aliphatic carbocycles. The summed E-state index contributed by atoms with van der Waals surface area (Å²) in [6, 6.07) is -0.0139. The Labute approximate surface area is 65.1 Å². The standard InChI is InChI=1S/C7H13NO3/c9-4-1-5-7(11)6(10)3-8(5)2-4/h4-7,9-11H,1-3H2/t4-,5-,6-,7-/m0/s1. The maximum atomic E-state index is 9.38. The molecule has 0 radical (unpaired) electrons. The lowest BCUT2D eigenvalue weighted by Gasteiger charge is -2.14. The molecule has 2 aliphatic heterocycles. The summed E-state index contributed by atoms with van der Waals surface area (Å²) in [6.45, 7) is 1.10. The number of hydrogen-bond acceptors (Lipinski definition) is 4.